The molecule has 90 valence electrons. The Labute approximate surface area is 99.5 Å². The lowest BCUT2D eigenvalue weighted by Gasteiger charge is -2.15. The number of hydrogen-bond donors (Lipinski definition) is 2. The fourth-order valence-corrected chi connectivity index (χ4v) is 1.52. The number of nitrogens with two attached hydrogens (primary N) is 1. The van der Waals surface area contributed by atoms with Crippen LogP contribution in [0.5, 0.6) is 0 Å². The number of aliphatic imine (C=N–C) groups is 1. The van der Waals surface area contributed by atoms with Gasteiger partial charge in [0, 0.05) is 12.4 Å². The quantitative estimate of drug-likeness (QED) is 0.329. The van der Waals surface area contributed by atoms with Crippen molar-refractivity contribution in [2.24, 2.45) is 10.8 Å². The molecule has 0 amide bonds. The van der Waals surface area contributed by atoms with Crippen LogP contribution in [-0.2, 0) is 0 Å². The number of aromatic nitrogens is 3. The van der Waals surface area contributed by atoms with Crippen LogP contribution in [0, 0.1) is 0 Å². The van der Waals surface area contributed by atoms with Crippen molar-refractivity contribution in [1.29, 1.82) is 0 Å². The number of amidine groups is 1. The summed E-state index contributed by atoms with van der Waals surface area (Å²) in [6.45, 7) is 6.02. The number of hydrazine groups is 1. The zero-order chi connectivity index (χ0) is 12.5. The van der Waals surface area contributed by atoms with Crippen molar-refractivity contribution >= 4 is 11.4 Å². The van der Waals surface area contributed by atoms with Gasteiger partial charge in [-0.25, -0.2) is 10.4 Å². The molecule has 0 fully saturated rings. The first-order valence-electron chi connectivity index (χ1n) is 5.35. The molecule has 2 heterocycles. The zero-order valence-electron chi connectivity index (χ0n) is 10.2. The zero-order valence-corrected chi connectivity index (χ0v) is 10.2. The molecular formula is C11H16N6. The predicted octanol–water partition coefficient (Wildman–Crippen LogP) is 0.738. The third-order valence-electron chi connectivity index (χ3n) is 2.16. The fraction of sp³-hybridized carbons (Fsp3) is 0.364. The Morgan fingerprint density at radius 1 is 1.41 bits per heavy atom. The van der Waals surface area contributed by atoms with Crippen molar-refractivity contribution in [1.82, 2.24) is 20.0 Å². The molecule has 0 spiro atoms. The van der Waals surface area contributed by atoms with Crippen LogP contribution in [0.4, 0.5) is 0 Å². The van der Waals surface area contributed by atoms with Crippen LogP contribution in [-0.4, -0.2) is 26.0 Å². The van der Waals surface area contributed by atoms with E-state index in [0.717, 1.165) is 11.1 Å². The van der Waals surface area contributed by atoms with Crippen molar-refractivity contribution in [3.63, 3.8) is 0 Å². The number of rotatable bonds is 1. The van der Waals surface area contributed by atoms with Gasteiger partial charge in [-0.3, -0.25) is 9.98 Å². The molecule has 0 aromatic carbocycles. The van der Waals surface area contributed by atoms with E-state index >= 15 is 0 Å². The van der Waals surface area contributed by atoms with E-state index in [-0.39, 0.29) is 5.54 Å². The Bertz CT molecular complexity index is 548. The standard InChI is InChI=1S/C11H16N6/c1-11(2,3)15-10(16-12)8-6-14-17-5-4-13-7-9(8)17/h4-7H,12H2,1-3H3,(H,15,16). The average Bonchev–Trinajstić information content (AvgIpc) is 2.68. The lowest BCUT2D eigenvalue weighted by Crippen LogP contribution is -2.33. The van der Waals surface area contributed by atoms with Crippen molar-refractivity contribution in [3.8, 4) is 0 Å². The van der Waals surface area contributed by atoms with Gasteiger partial charge in [-0.2, -0.15) is 5.10 Å². The van der Waals surface area contributed by atoms with Gasteiger partial charge in [-0.15, -0.1) is 0 Å². The molecule has 0 saturated carbocycles. The summed E-state index contributed by atoms with van der Waals surface area (Å²) >= 11 is 0. The molecule has 0 aliphatic carbocycles. The van der Waals surface area contributed by atoms with Crippen molar-refractivity contribution in [3.05, 3.63) is 30.4 Å². The number of fused-ring (bicyclic) bond motifs is 1. The Balaban J connectivity index is 2.55. The van der Waals surface area contributed by atoms with Crippen LogP contribution in [0.2, 0.25) is 0 Å². The summed E-state index contributed by atoms with van der Waals surface area (Å²) in [4.78, 5) is 8.59. The Morgan fingerprint density at radius 2 is 2.18 bits per heavy atom. The highest BCUT2D eigenvalue weighted by Crippen LogP contribution is 2.13. The summed E-state index contributed by atoms with van der Waals surface area (Å²) in [5.74, 6) is 6.14. The highest BCUT2D eigenvalue weighted by molar-refractivity contribution is 6.04. The van der Waals surface area contributed by atoms with Gasteiger partial charge in [0.15, 0.2) is 0 Å². The predicted molar refractivity (Wildman–Crippen MR) is 66.6 cm³/mol. The highest BCUT2D eigenvalue weighted by Gasteiger charge is 2.14. The maximum absolute atomic E-state index is 5.52. The lowest BCUT2D eigenvalue weighted by atomic mass is 10.1. The second-order valence-electron chi connectivity index (χ2n) is 4.74. The van der Waals surface area contributed by atoms with E-state index in [9.17, 15) is 0 Å². The van der Waals surface area contributed by atoms with E-state index in [2.05, 4.69) is 20.5 Å². The average molecular weight is 232 g/mol. The van der Waals surface area contributed by atoms with Crippen LogP contribution < -0.4 is 11.3 Å². The second kappa shape index (κ2) is 4.14. The monoisotopic (exact) mass is 232 g/mol. The molecule has 0 bridgehead atoms. The normalized spacial score (nSPS) is 13.1. The number of hydrogen-bond acceptors (Lipinski definition) is 4. The summed E-state index contributed by atoms with van der Waals surface area (Å²) in [6, 6.07) is 0. The van der Waals surface area contributed by atoms with Gasteiger partial charge in [-0.05, 0) is 20.8 Å². The van der Waals surface area contributed by atoms with Crippen LogP contribution >= 0.6 is 0 Å². The summed E-state index contributed by atoms with van der Waals surface area (Å²) in [6.07, 6.45) is 6.92. The molecule has 0 atom stereocenters. The molecule has 2 aromatic heterocycles. The van der Waals surface area contributed by atoms with E-state index in [1.54, 1.807) is 29.3 Å². The van der Waals surface area contributed by atoms with Gasteiger partial charge >= 0.3 is 0 Å². The third kappa shape index (κ3) is 2.42. The first-order chi connectivity index (χ1) is 8.01. The van der Waals surface area contributed by atoms with E-state index in [1.807, 2.05) is 20.8 Å². The highest BCUT2D eigenvalue weighted by atomic mass is 15.3. The minimum atomic E-state index is -0.210. The van der Waals surface area contributed by atoms with Gasteiger partial charge < -0.3 is 5.43 Å². The van der Waals surface area contributed by atoms with E-state index in [4.69, 9.17) is 5.84 Å². The molecule has 0 radical (unpaired) electrons. The smallest absolute Gasteiger partial charge is 0.146 e. The van der Waals surface area contributed by atoms with E-state index < -0.39 is 0 Å². The van der Waals surface area contributed by atoms with Crippen molar-refractivity contribution in [2.45, 2.75) is 26.3 Å². The fourth-order valence-electron chi connectivity index (χ4n) is 1.52. The summed E-state index contributed by atoms with van der Waals surface area (Å²) in [5.41, 5.74) is 4.12. The Morgan fingerprint density at radius 3 is 2.82 bits per heavy atom. The minimum Gasteiger partial charge on any atom is -0.308 e. The molecule has 2 rings (SSSR count). The molecule has 3 N–H and O–H groups in total. The van der Waals surface area contributed by atoms with E-state index in [0.29, 0.717) is 5.84 Å². The molecule has 0 saturated heterocycles. The van der Waals surface area contributed by atoms with Crippen molar-refractivity contribution in [2.75, 3.05) is 0 Å². The molecule has 0 aliphatic rings. The lowest BCUT2D eigenvalue weighted by molar-refractivity contribution is 0.580. The Hall–Kier alpha value is -1.95. The van der Waals surface area contributed by atoms with Crippen molar-refractivity contribution < 1.29 is 0 Å². The first-order valence-corrected chi connectivity index (χ1v) is 5.35. The third-order valence-corrected chi connectivity index (χ3v) is 2.16. The number of nitrogens with one attached hydrogen (secondary N) is 1. The SMILES string of the molecule is CC(C)(C)N=C(NN)c1cnn2ccncc12. The summed E-state index contributed by atoms with van der Waals surface area (Å²) < 4.78 is 1.73. The number of nitrogens with zero attached hydrogens (tertiary/aromatic N) is 4. The molecule has 0 unspecified atom stereocenters. The van der Waals surface area contributed by atoms with Gasteiger partial charge in [0.2, 0.25) is 0 Å². The summed E-state index contributed by atoms with van der Waals surface area (Å²) in [7, 11) is 0. The van der Waals surface area contributed by atoms with Crippen LogP contribution in [0.1, 0.15) is 26.3 Å². The van der Waals surface area contributed by atoms with E-state index in [1.165, 1.54) is 0 Å². The first kappa shape index (κ1) is 11.5. The summed E-state index contributed by atoms with van der Waals surface area (Å²) in [5, 5.41) is 4.22. The van der Waals surface area contributed by atoms with Gasteiger partial charge in [0.1, 0.15) is 5.84 Å². The Kier molecular flexibility index (Phi) is 2.81. The molecular weight excluding hydrogens is 216 g/mol. The molecule has 0 aliphatic heterocycles. The topological polar surface area (TPSA) is 80.6 Å². The minimum absolute atomic E-state index is 0.210. The van der Waals surface area contributed by atoms with Gasteiger partial charge in [0.25, 0.3) is 0 Å². The van der Waals surface area contributed by atoms with Crippen LogP contribution in [0.3, 0.4) is 0 Å². The molecule has 6 heteroatoms. The molecule has 2 aromatic rings. The molecule has 6 nitrogen and oxygen atoms in total. The van der Waals surface area contributed by atoms with Crippen LogP contribution in [0.25, 0.3) is 5.52 Å². The van der Waals surface area contributed by atoms with Crippen LogP contribution in [0.15, 0.2) is 29.8 Å². The maximum atomic E-state index is 5.52. The second-order valence-corrected chi connectivity index (χ2v) is 4.74. The maximum Gasteiger partial charge on any atom is 0.146 e. The molecule has 17 heavy (non-hydrogen) atoms. The van der Waals surface area contributed by atoms with Gasteiger partial charge in [0.05, 0.1) is 29.0 Å². The van der Waals surface area contributed by atoms with Gasteiger partial charge in [-0.1, -0.05) is 0 Å². The largest absolute Gasteiger partial charge is 0.308 e.